The van der Waals surface area contributed by atoms with E-state index in [1.807, 2.05) is 31.2 Å². The Morgan fingerprint density at radius 3 is 2.71 bits per heavy atom. The average molecular weight is 369 g/mol. The number of ether oxygens (including phenoxy) is 1. The summed E-state index contributed by atoms with van der Waals surface area (Å²) in [7, 11) is 1.38. The third-order valence-corrected chi connectivity index (χ3v) is 4.13. The Balaban J connectivity index is 2.13. The van der Waals surface area contributed by atoms with Crippen molar-refractivity contribution in [2.45, 2.75) is 13.5 Å². The lowest BCUT2D eigenvalue weighted by atomic mass is 10.1. The average Bonchev–Trinajstić information content (AvgIpc) is 2.48. The van der Waals surface area contributed by atoms with Gasteiger partial charge in [0.05, 0.1) is 12.7 Å². The molecule has 0 fully saturated rings. The maximum Gasteiger partial charge on any atom is 0.337 e. The highest BCUT2D eigenvalue weighted by Crippen LogP contribution is 2.23. The van der Waals surface area contributed by atoms with Gasteiger partial charge in [0.15, 0.2) is 0 Å². The lowest BCUT2D eigenvalue weighted by Crippen LogP contribution is -2.05. The van der Waals surface area contributed by atoms with Gasteiger partial charge in [0, 0.05) is 21.7 Å². The summed E-state index contributed by atoms with van der Waals surface area (Å²) >= 11 is 9.50. The number of hydrogen-bond donors (Lipinski definition) is 1. The van der Waals surface area contributed by atoms with E-state index in [-0.39, 0.29) is 5.97 Å². The third kappa shape index (κ3) is 3.99. The van der Waals surface area contributed by atoms with E-state index in [0.717, 1.165) is 21.3 Å². The number of anilines is 1. The molecule has 2 aromatic rings. The highest BCUT2D eigenvalue weighted by atomic mass is 79.9. The molecule has 2 rings (SSSR count). The number of benzene rings is 2. The molecule has 0 aromatic heterocycles. The van der Waals surface area contributed by atoms with Crippen molar-refractivity contribution in [1.82, 2.24) is 0 Å². The first-order chi connectivity index (χ1) is 10.0. The minimum absolute atomic E-state index is 0.331. The van der Waals surface area contributed by atoms with Crippen LogP contribution >= 0.6 is 27.5 Å². The number of nitrogens with one attached hydrogen (secondary N) is 1. The summed E-state index contributed by atoms with van der Waals surface area (Å²) in [5.74, 6) is -0.331. The molecular formula is C16H15BrClNO2. The molecule has 0 spiro atoms. The Morgan fingerprint density at radius 2 is 2.05 bits per heavy atom. The van der Waals surface area contributed by atoms with Gasteiger partial charge in [-0.1, -0.05) is 27.5 Å². The fourth-order valence-corrected chi connectivity index (χ4v) is 2.56. The molecule has 1 N–H and O–H groups in total. The molecule has 21 heavy (non-hydrogen) atoms. The van der Waals surface area contributed by atoms with Crippen LogP contribution in [0.5, 0.6) is 0 Å². The third-order valence-electron chi connectivity index (χ3n) is 3.12. The van der Waals surface area contributed by atoms with Crippen molar-refractivity contribution < 1.29 is 9.53 Å². The van der Waals surface area contributed by atoms with Crippen molar-refractivity contribution in [2.24, 2.45) is 0 Å². The minimum atomic E-state index is -0.331. The van der Waals surface area contributed by atoms with E-state index in [1.54, 1.807) is 12.1 Å². The normalized spacial score (nSPS) is 10.3. The van der Waals surface area contributed by atoms with Crippen molar-refractivity contribution in [2.75, 3.05) is 12.4 Å². The molecule has 0 heterocycles. The predicted octanol–water partition coefficient (Wildman–Crippen LogP) is 4.81. The maximum atomic E-state index is 11.5. The standard InChI is InChI=1S/C16H15BrClNO2/c1-10-7-11(16(20)21-2)3-6-15(10)19-9-12-8-13(18)4-5-14(12)17/h3-8,19H,9H2,1-2H3. The number of hydrogen-bond acceptors (Lipinski definition) is 3. The first kappa shape index (κ1) is 15.9. The number of aryl methyl sites for hydroxylation is 1. The minimum Gasteiger partial charge on any atom is -0.465 e. The van der Waals surface area contributed by atoms with Gasteiger partial charge in [-0.15, -0.1) is 0 Å². The molecule has 0 bridgehead atoms. The van der Waals surface area contributed by atoms with Crippen LogP contribution in [0, 0.1) is 6.92 Å². The van der Waals surface area contributed by atoms with Crippen molar-refractivity contribution in [3.8, 4) is 0 Å². The summed E-state index contributed by atoms with van der Waals surface area (Å²) in [6.07, 6.45) is 0. The summed E-state index contributed by atoms with van der Waals surface area (Å²) in [6, 6.07) is 11.1. The number of esters is 1. The van der Waals surface area contributed by atoms with Gasteiger partial charge in [0.25, 0.3) is 0 Å². The lowest BCUT2D eigenvalue weighted by Gasteiger charge is -2.12. The zero-order chi connectivity index (χ0) is 15.4. The van der Waals surface area contributed by atoms with E-state index in [0.29, 0.717) is 17.1 Å². The van der Waals surface area contributed by atoms with Gasteiger partial charge in [0.2, 0.25) is 0 Å². The molecule has 3 nitrogen and oxygen atoms in total. The van der Waals surface area contributed by atoms with E-state index < -0.39 is 0 Å². The second kappa shape index (κ2) is 6.96. The van der Waals surface area contributed by atoms with Crippen LogP contribution in [0.2, 0.25) is 5.02 Å². The molecule has 0 saturated carbocycles. The van der Waals surface area contributed by atoms with Gasteiger partial charge < -0.3 is 10.1 Å². The largest absolute Gasteiger partial charge is 0.465 e. The van der Waals surface area contributed by atoms with Gasteiger partial charge >= 0.3 is 5.97 Å². The van der Waals surface area contributed by atoms with Crippen LogP contribution in [0.25, 0.3) is 0 Å². The van der Waals surface area contributed by atoms with Crippen molar-refractivity contribution in [3.63, 3.8) is 0 Å². The molecule has 0 amide bonds. The van der Waals surface area contributed by atoms with Gasteiger partial charge in [-0.2, -0.15) is 0 Å². The van der Waals surface area contributed by atoms with Crippen LogP contribution in [0.1, 0.15) is 21.5 Å². The fourth-order valence-electron chi connectivity index (χ4n) is 1.98. The van der Waals surface area contributed by atoms with Crippen molar-refractivity contribution in [1.29, 1.82) is 0 Å². The van der Waals surface area contributed by atoms with Crippen LogP contribution in [-0.4, -0.2) is 13.1 Å². The monoisotopic (exact) mass is 367 g/mol. The van der Waals surface area contributed by atoms with Crippen LogP contribution in [0.3, 0.4) is 0 Å². The van der Waals surface area contributed by atoms with E-state index in [1.165, 1.54) is 7.11 Å². The second-order valence-electron chi connectivity index (χ2n) is 4.61. The number of methoxy groups -OCH3 is 1. The molecule has 0 aliphatic heterocycles. The number of carbonyl (C=O) groups is 1. The van der Waals surface area contributed by atoms with Crippen LogP contribution < -0.4 is 5.32 Å². The predicted molar refractivity (Wildman–Crippen MR) is 89.0 cm³/mol. The first-order valence-electron chi connectivity index (χ1n) is 6.38. The zero-order valence-electron chi connectivity index (χ0n) is 11.7. The zero-order valence-corrected chi connectivity index (χ0v) is 14.1. The van der Waals surface area contributed by atoms with Gasteiger partial charge in [-0.3, -0.25) is 0 Å². The quantitative estimate of drug-likeness (QED) is 0.787. The summed E-state index contributed by atoms with van der Waals surface area (Å²) in [5.41, 5.74) is 3.56. The molecule has 0 saturated heterocycles. The van der Waals surface area contributed by atoms with E-state index in [2.05, 4.69) is 21.2 Å². The Bertz CT molecular complexity index is 673. The maximum absolute atomic E-state index is 11.5. The topological polar surface area (TPSA) is 38.3 Å². The number of carbonyl (C=O) groups excluding carboxylic acids is 1. The summed E-state index contributed by atoms with van der Waals surface area (Å²) < 4.78 is 5.71. The Kier molecular flexibility index (Phi) is 5.26. The number of halogens is 2. The molecular weight excluding hydrogens is 354 g/mol. The number of rotatable bonds is 4. The van der Waals surface area contributed by atoms with Gasteiger partial charge in [-0.05, 0) is 54.4 Å². The molecule has 0 radical (unpaired) electrons. The van der Waals surface area contributed by atoms with Crippen LogP contribution in [0.15, 0.2) is 40.9 Å². The molecule has 2 aromatic carbocycles. The van der Waals surface area contributed by atoms with E-state index in [9.17, 15) is 4.79 Å². The molecule has 0 aliphatic carbocycles. The molecule has 5 heteroatoms. The first-order valence-corrected chi connectivity index (χ1v) is 7.55. The molecule has 0 aliphatic rings. The molecule has 0 atom stereocenters. The van der Waals surface area contributed by atoms with Gasteiger partial charge in [0.1, 0.15) is 0 Å². The highest BCUT2D eigenvalue weighted by Gasteiger charge is 2.08. The van der Waals surface area contributed by atoms with Crippen LogP contribution in [0.4, 0.5) is 5.69 Å². The van der Waals surface area contributed by atoms with E-state index in [4.69, 9.17) is 16.3 Å². The van der Waals surface area contributed by atoms with Crippen molar-refractivity contribution >= 4 is 39.2 Å². The molecule has 0 unspecified atom stereocenters. The van der Waals surface area contributed by atoms with Gasteiger partial charge in [-0.25, -0.2) is 4.79 Å². The summed E-state index contributed by atoms with van der Waals surface area (Å²) in [4.78, 5) is 11.5. The van der Waals surface area contributed by atoms with Crippen molar-refractivity contribution in [3.05, 3.63) is 62.6 Å². The summed E-state index contributed by atoms with van der Waals surface area (Å²) in [6.45, 7) is 2.58. The Hall–Kier alpha value is -1.52. The SMILES string of the molecule is COC(=O)c1ccc(NCc2cc(Cl)ccc2Br)c(C)c1. The Labute approximate surface area is 137 Å². The lowest BCUT2D eigenvalue weighted by molar-refractivity contribution is 0.0600. The summed E-state index contributed by atoms with van der Waals surface area (Å²) in [5, 5.41) is 4.04. The fraction of sp³-hybridized carbons (Fsp3) is 0.188. The van der Waals surface area contributed by atoms with Crippen LogP contribution in [-0.2, 0) is 11.3 Å². The Morgan fingerprint density at radius 1 is 1.29 bits per heavy atom. The highest BCUT2D eigenvalue weighted by molar-refractivity contribution is 9.10. The van der Waals surface area contributed by atoms with E-state index >= 15 is 0 Å². The second-order valence-corrected chi connectivity index (χ2v) is 5.90. The smallest absolute Gasteiger partial charge is 0.337 e. The molecule has 110 valence electrons.